The summed E-state index contributed by atoms with van der Waals surface area (Å²) in [4.78, 5) is 24.9. The number of amides is 1. The molecule has 3 heterocycles. The molecule has 0 aliphatic heterocycles. The topological polar surface area (TPSA) is 67.8 Å². The van der Waals surface area contributed by atoms with Crippen molar-refractivity contribution >= 4 is 43.9 Å². The number of carbonyl (C=O) groups is 1. The molecule has 0 aliphatic rings. The van der Waals surface area contributed by atoms with E-state index in [9.17, 15) is 13.6 Å². The molecule has 4 rings (SSSR count). The van der Waals surface area contributed by atoms with Crippen molar-refractivity contribution < 1.29 is 13.6 Å². The average molecular weight is 388 g/mol. The maximum Gasteiger partial charge on any atom is 0.232 e. The van der Waals surface area contributed by atoms with Gasteiger partial charge in [-0.15, -0.1) is 11.3 Å². The van der Waals surface area contributed by atoms with E-state index in [4.69, 9.17) is 0 Å². The molecule has 0 spiro atoms. The molecular formula is C17H10F2N4OS2. The second kappa shape index (κ2) is 6.85. The monoisotopic (exact) mass is 388 g/mol. The Bertz CT molecular complexity index is 1060. The normalized spacial score (nSPS) is 11.0. The zero-order valence-corrected chi connectivity index (χ0v) is 14.7. The lowest BCUT2D eigenvalue weighted by molar-refractivity contribution is -0.115. The highest BCUT2D eigenvalue weighted by atomic mass is 32.1. The van der Waals surface area contributed by atoms with E-state index in [1.165, 1.54) is 11.3 Å². The summed E-state index contributed by atoms with van der Waals surface area (Å²) >= 11 is 2.49. The minimum Gasteiger partial charge on any atom is -0.302 e. The number of nitrogens with one attached hydrogen (secondary N) is 1. The molecule has 0 fully saturated rings. The Kier molecular flexibility index (Phi) is 4.39. The first-order chi connectivity index (χ1) is 12.6. The molecule has 130 valence electrons. The minimum absolute atomic E-state index is 0.0714. The van der Waals surface area contributed by atoms with Crippen molar-refractivity contribution in [3.05, 3.63) is 59.2 Å². The Balaban J connectivity index is 1.47. The van der Waals surface area contributed by atoms with Gasteiger partial charge in [0, 0.05) is 17.6 Å². The van der Waals surface area contributed by atoms with Gasteiger partial charge in [-0.25, -0.2) is 18.7 Å². The van der Waals surface area contributed by atoms with Crippen LogP contribution in [-0.2, 0) is 11.2 Å². The van der Waals surface area contributed by atoms with Crippen LogP contribution in [0.3, 0.4) is 0 Å². The van der Waals surface area contributed by atoms with E-state index in [0.29, 0.717) is 15.9 Å². The third kappa shape index (κ3) is 3.44. The second-order valence-electron chi connectivity index (χ2n) is 5.34. The summed E-state index contributed by atoms with van der Waals surface area (Å²) in [5.74, 6) is -2.21. The van der Waals surface area contributed by atoms with Gasteiger partial charge in [0.2, 0.25) is 5.91 Å². The highest BCUT2D eigenvalue weighted by Crippen LogP contribution is 2.28. The molecule has 1 N–H and O–H groups in total. The van der Waals surface area contributed by atoms with Gasteiger partial charge in [0.1, 0.15) is 5.01 Å². The third-order valence-corrected chi connectivity index (χ3v) is 5.30. The smallest absolute Gasteiger partial charge is 0.232 e. The number of carbonyl (C=O) groups excluding carboxylic acids is 1. The van der Waals surface area contributed by atoms with E-state index in [-0.39, 0.29) is 17.5 Å². The molecule has 3 aromatic heterocycles. The molecule has 0 aliphatic carbocycles. The van der Waals surface area contributed by atoms with Crippen molar-refractivity contribution in [2.24, 2.45) is 0 Å². The average Bonchev–Trinajstić information content (AvgIpc) is 3.22. The minimum atomic E-state index is -0.967. The lowest BCUT2D eigenvalue weighted by atomic mass is 10.3. The van der Waals surface area contributed by atoms with Crippen molar-refractivity contribution in [3.8, 4) is 10.7 Å². The first kappa shape index (κ1) is 16.7. The molecule has 0 bridgehead atoms. The quantitative estimate of drug-likeness (QED) is 0.567. The van der Waals surface area contributed by atoms with Crippen LogP contribution in [0.2, 0.25) is 0 Å². The molecular weight excluding hydrogens is 378 g/mol. The van der Waals surface area contributed by atoms with Crippen molar-refractivity contribution in [2.45, 2.75) is 6.42 Å². The molecule has 1 amide bonds. The number of hydrogen-bond acceptors (Lipinski definition) is 6. The lowest BCUT2D eigenvalue weighted by Crippen LogP contribution is -2.14. The van der Waals surface area contributed by atoms with Crippen LogP contribution in [0.5, 0.6) is 0 Å². The zero-order chi connectivity index (χ0) is 18.1. The number of thiazole rings is 2. The molecule has 1 aromatic carbocycles. The van der Waals surface area contributed by atoms with Gasteiger partial charge in [0.05, 0.1) is 28.0 Å². The number of rotatable bonds is 4. The van der Waals surface area contributed by atoms with E-state index < -0.39 is 11.6 Å². The molecule has 0 radical (unpaired) electrons. The summed E-state index contributed by atoms with van der Waals surface area (Å²) in [6.45, 7) is 0. The van der Waals surface area contributed by atoms with Gasteiger partial charge in [-0.2, -0.15) is 0 Å². The molecule has 0 saturated carbocycles. The Morgan fingerprint density at radius 1 is 1.15 bits per heavy atom. The summed E-state index contributed by atoms with van der Waals surface area (Å²) in [6, 6.07) is 7.62. The van der Waals surface area contributed by atoms with Gasteiger partial charge in [0.25, 0.3) is 0 Å². The largest absolute Gasteiger partial charge is 0.302 e. The van der Waals surface area contributed by atoms with E-state index >= 15 is 0 Å². The maximum absolute atomic E-state index is 13.3. The SMILES string of the molecule is O=C(Cc1csc(-c2ccccn2)n1)Nc1nc2cc(F)c(F)cc2s1. The van der Waals surface area contributed by atoms with Gasteiger partial charge in [-0.1, -0.05) is 17.4 Å². The molecule has 5 nitrogen and oxygen atoms in total. The fraction of sp³-hybridized carbons (Fsp3) is 0.0588. The number of anilines is 1. The Labute approximate surface area is 154 Å². The van der Waals surface area contributed by atoms with E-state index in [2.05, 4.69) is 20.3 Å². The van der Waals surface area contributed by atoms with Crippen LogP contribution in [-0.4, -0.2) is 20.9 Å². The van der Waals surface area contributed by atoms with E-state index in [0.717, 1.165) is 34.2 Å². The number of aromatic nitrogens is 3. The number of benzene rings is 1. The van der Waals surface area contributed by atoms with Crippen LogP contribution in [0.4, 0.5) is 13.9 Å². The van der Waals surface area contributed by atoms with Crippen LogP contribution >= 0.6 is 22.7 Å². The van der Waals surface area contributed by atoms with Crippen LogP contribution in [0.1, 0.15) is 5.69 Å². The number of hydrogen-bond donors (Lipinski definition) is 1. The van der Waals surface area contributed by atoms with Crippen LogP contribution < -0.4 is 5.32 Å². The molecule has 26 heavy (non-hydrogen) atoms. The Hall–Kier alpha value is -2.78. The van der Waals surface area contributed by atoms with E-state index in [1.807, 2.05) is 18.2 Å². The van der Waals surface area contributed by atoms with Gasteiger partial charge >= 0.3 is 0 Å². The van der Waals surface area contributed by atoms with Crippen LogP contribution in [0.25, 0.3) is 20.9 Å². The maximum atomic E-state index is 13.3. The van der Waals surface area contributed by atoms with Crippen molar-refractivity contribution in [2.75, 3.05) is 5.32 Å². The van der Waals surface area contributed by atoms with Gasteiger partial charge in [-0.05, 0) is 18.2 Å². The predicted octanol–water partition coefficient (Wildman–Crippen LogP) is 4.27. The Morgan fingerprint density at radius 2 is 2.00 bits per heavy atom. The fourth-order valence-corrected chi connectivity index (χ4v) is 3.98. The number of fused-ring (bicyclic) bond motifs is 1. The lowest BCUT2D eigenvalue weighted by Gasteiger charge is -1.98. The van der Waals surface area contributed by atoms with Gasteiger partial charge in [0.15, 0.2) is 16.8 Å². The number of pyridine rings is 1. The number of halogens is 2. The van der Waals surface area contributed by atoms with E-state index in [1.54, 1.807) is 11.6 Å². The van der Waals surface area contributed by atoms with Crippen LogP contribution in [0, 0.1) is 11.6 Å². The first-order valence-electron chi connectivity index (χ1n) is 7.50. The van der Waals surface area contributed by atoms with Gasteiger partial charge in [-0.3, -0.25) is 9.78 Å². The molecule has 0 saturated heterocycles. The summed E-state index contributed by atoms with van der Waals surface area (Å²) in [5.41, 5.74) is 1.67. The number of nitrogens with zero attached hydrogens (tertiary/aromatic N) is 3. The standard InChI is InChI=1S/C17H10F2N4OS2/c18-10-6-13-14(7-11(10)19)26-17(22-13)23-15(24)5-9-8-25-16(21-9)12-3-1-2-4-20-12/h1-4,6-8H,5H2,(H,22,23,24). The zero-order valence-electron chi connectivity index (χ0n) is 13.1. The third-order valence-electron chi connectivity index (χ3n) is 3.45. The second-order valence-corrected chi connectivity index (χ2v) is 7.23. The summed E-state index contributed by atoms with van der Waals surface area (Å²) in [5, 5.41) is 5.46. The first-order valence-corrected chi connectivity index (χ1v) is 9.19. The van der Waals surface area contributed by atoms with Crippen LogP contribution in [0.15, 0.2) is 41.9 Å². The predicted molar refractivity (Wildman–Crippen MR) is 97.2 cm³/mol. The fourth-order valence-electron chi connectivity index (χ4n) is 2.30. The van der Waals surface area contributed by atoms with Crippen molar-refractivity contribution in [3.63, 3.8) is 0 Å². The highest BCUT2D eigenvalue weighted by Gasteiger charge is 2.13. The van der Waals surface area contributed by atoms with Crippen molar-refractivity contribution in [1.29, 1.82) is 0 Å². The summed E-state index contributed by atoms with van der Waals surface area (Å²) in [6.07, 6.45) is 1.75. The Morgan fingerprint density at radius 3 is 2.81 bits per heavy atom. The summed E-state index contributed by atoms with van der Waals surface area (Å²) < 4.78 is 27.0. The molecule has 0 unspecified atom stereocenters. The molecule has 9 heteroatoms. The molecule has 0 atom stereocenters. The summed E-state index contributed by atoms with van der Waals surface area (Å²) in [7, 11) is 0. The van der Waals surface area contributed by atoms with Crippen molar-refractivity contribution in [1.82, 2.24) is 15.0 Å². The highest BCUT2D eigenvalue weighted by molar-refractivity contribution is 7.22. The van der Waals surface area contributed by atoms with Gasteiger partial charge < -0.3 is 5.32 Å². The molecule has 4 aromatic rings.